The highest BCUT2D eigenvalue weighted by atomic mass is 16.5. The van der Waals surface area contributed by atoms with Crippen molar-refractivity contribution in [1.82, 2.24) is 0 Å². The standard InChI is InChI=1S/C15H23N3O2/c1-5-6-11-20-15(19)17-13-7-9-14(10-8-13)18(4)12(2)16-3/h7-10H,5-6,11H2,1-4H3,(H,17,19). The molecule has 0 aliphatic heterocycles. The van der Waals surface area contributed by atoms with E-state index >= 15 is 0 Å². The number of ether oxygens (including phenoxy) is 1. The van der Waals surface area contributed by atoms with Crippen LogP contribution in [0.1, 0.15) is 26.7 Å². The normalized spacial score (nSPS) is 11.1. The molecule has 20 heavy (non-hydrogen) atoms. The summed E-state index contributed by atoms with van der Waals surface area (Å²) in [5.41, 5.74) is 1.73. The second kappa shape index (κ2) is 8.19. The lowest BCUT2D eigenvalue weighted by Gasteiger charge is -2.18. The molecule has 0 fully saturated rings. The molecule has 1 aromatic carbocycles. The molecule has 0 radical (unpaired) electrons. The maximum Gasteiger partial charge on any atom is 0.411 e. The van der Waals surface area contributed by atoms with Gasteiger partial charge in [0.1, 0.15) is 0 Å². The smallest absolute Gasteiger partial charge is 0.411 e. The minimum Gasteiger partial charge on any atom is -0.449 e. The summed E-state index contributed by atoms with van der Waals surface area (Å²) in [5.74, 6) is 0.921. The van der Waals surface area contributed by atoms with E-state index in [0.29, 0.717) is 6.61 Å². The van der Waals surface area contributed by atoms with E-state index < -0.39 is 6.09 Å². The molecule has 0 saturated heterocycles. The van der Waals surface area contributed by atoms with Crippen molar-refractivity contribution < 1.29 is 9.53 Å². The van der Waals surface area contributed by atoms with Gasteiger partial charge in [0.15, 0.2) is 0 Å². The molecule has 0 aliphatic rings. The van der Waals surface area contributed by atoms with Gasteiger partial charge in [-0.3, -0.25) is 10.3 Å². The number of rotatable bonds is 5. The van der Waals surface area contributed by atoms with E-state index in [1.54, 1.807) is 7.05 Å². The number of hydrogen-bond donors (Lipinski definition) is 1. The highest BCUT2D eigenvalue weighted by Gasteiger charge is 2.05. The average Bonchev–Trinajstić information content (AvgIpc) is 2.46. The first-order valence-corrected chi connectivity index (χ1v) is 6.79. The number of carbonyl (C=O) groups is 1. The van der Waals surface area contributed by atoms with E-state index in [0.717, 1.165) is 30.1 Å². The van der Waals surface area contributed by atoms with Gasteiger partial charge >= 0.3 is 6.09 Å². The molecule has 0 unspecified atom stereocenters. The molecule has 1 N–H and O–H groups in total. The summed E-state index contributed by atoms with van der Waals surface area (Å²) in [5, 5.41) is 2.70. The van der Waals surface area contributed by atoms with Gasteiger partial charge < -0.3 is 9.64 Å². The summed E-state index contributed by atoms with van der Waals surface area (Å²) < 4.78 is 5.04. The summed E-state index contributed by atoms with van der Waals surface area (Å²) in [6, 6.07) is 7.54. The lowest BCUT2D eigenvalue weighted by molar-refractivity contribution is 0.160. The Kier molecular flexibility index (Phi) is 6.56. The first kappa shape index (κ1) is 16.0. The molecule has 5 heteroatoms. The summed E-state index contributed by atoms with van der Waals surface area (Å²) in [7, 11) is 3.71. The summed E-state index contributed by atoms with van der Waals surface area (Å²) in [6.07, 6.45) is 1.48. The molecule has 0 aromatic heterocycles. The maximum absolute atomic E-state index is 11.5. The van der Waals surface area contributed by atoms with Crippen LogP contribution in [-0.4, -0.2) is 32.6 Å². The Bertz CT molecular complexity index is 455. The van der Waals surface area contributed by atoms with E-state index in [1.165, 1.54) is 0 Å². The number of amides is 1. The Morgan fingerprint density at radius 1 is 1.35 bits per heavy atom. The SMILES string of the molecule is CCCCOC(=O)Nc1ccc(N(C)C(C)=NC)cc1. The Hall–Kier alpha value is -2.04. The van der Waals surface area contributed by atoms with Gasteiger partial charge in [0.05, 0.1) is 12.4 Å². The highest BCUT2D eigenvalue weighted by molar-refractivity contribution is 5.95. The summed E-state index contributed by atoms with van der Waals surface area (Å²) >= 11 is 0. The lowest BCUT2D eigenvalue weighted by atomic mass is 10.2. The van der Waals surface area contributed by atoms with Gasteiger partial charge in [0, 0.05) is 25.5 Å². The van der Waals surface area contributed by atoms with Gasteiger partial charge in [0.25, 0.3) is 0 Å². The van der Waals surface area contributed by atoms with Crippen molar-refractivity contribution in [1.29, 1.82) is 0 Å². The van der Waals surface area contributed by atoms with Crippen LogP contribution in [0, 0.1) is 0 Å². The predicted molar refractivity (Wildman–Crippen MR) is 83.8 cm³/mol. The van der Waals surface area contributed by atoms with Gasteiger partial charge in [-0.05, 0) is 37.6 Å². The van der Waals surface area contributed by atoms with Gasteiger partial charge in [-0.2, -0.15) is 0 Å². The van der Waals surface area contributed by atoms with E-state index in [9.17, 15) is 4.79 Å². The topological polar surface area (TPSA) is 53.9 Å². The van der Waals surface area contributed by atoms with Gasteiger partial charge in [-0.1, -0.05) is 13.3 Å². The molecule has 0 heterocycles. The molecule has 1 amide bonds. The number of hydrogen-bond acceptors (Lipinski definition) is 3. The fraction of sp³-hybridized carbons (Fsp3) is 0.467. The largest absolute Gasteiger partial charge is 0.449 e. The number of nitrogens with one attached hydrogen (secondary N) is 1. The lowest BCUT2D eigenvalue weighted by Crippen LogP contribution is -2.23. The van der Waals surface area contributed by atoms with Crippen molar-refractivity contribution in [3.63, 3.8) is 0 Å². The van der Waals surface area contributed by atoms with E-state index in [2.05, 4.69) is 17.2 Å². The fourth-order valence-corrected chi connectivity index (χ4v) is 1.57. The van der Waals surface area contributed by atoms with Crippen LogP contribution in [0.5, 0.6) is 0 Å². The van der Waals surface area contributed by atoms with Crippen molar-refractivity contribution in [2.24, 2.45) is 4.99 Å². The number of amidine groups is 1. The quantitative estimate of drug-likeness (QED) is 0.509. The summed E-state index contributed by atoms with van der Waals surface area (Å²) in [6.45, 7) is 4.45. The zero-order valence-electron chi connectivity index (χ0n) is 12.6. The molecule has 0 saturated carbocycles. The van der Waals surface area contributed by atoms with Crippen LogP contribution in [0.15, 0.2) is 29.3 Å². The summed E-state index contributed by atoms with van der Waals surface area (Å²) in [4.78, 5) is 17.6. The van der Waals surface area contributed by atoms with Crippen LogP contribution >= 0.6 is 0 Å². The zero-order chi connectivity index (χ0) is 15.0. The van der Waals surface area contributed by atoms with Crippen molar-refractivity contribution in [2.45, 2.75) is 26.7 Å². The number of anilines is 2. The number of unbranched alkanes of at least 4 members (excludes halogenated alkanes) is 1. The second-order valence-electron chi connectivity index (χ2n) is 4.49. The monoisotopic (exact) mass is 277 g/mol. The first-order chi connectivity index (χ1) is 9.58. The predicted octanol–water partition coefficient (Wildman–Crippen LogP) is 3.52. The van der Waals surface area contributed by atoms with E-state index in [-0.39, 0.29) is 0 Å². The van der Waals surface area contributed by atoms with Crippen LogP contribution in [0.4, 0.5) is 16.2 Å². The molecule has 5 nitrogen and oxygen atoms in total. The Balaban J connectivity index is 2.56. The van der Waals surface area contributed by atoms with E-state index in [1.807, 2.05) is 43.1 Å². The Morgan fingerprint density at radius 3 is 2.55 bits per heavy atom. The number of carbonyl (C=O) groups excluding carboxylic acids is 1. The Labute approximate surface area is 120 Å². The van der Waals surface area contributed by atoms with Crippen molar-refractivity contribution in [3.05, 3.63) is 24.3 Å². The maximum atomic E-state index is 11.5. The first-order valence-electron chi connectivity index (χ1n) is 6.79. The van der Waals surface area contributed by atoms with Crippen LogP contribution < -0.4 is 10.2 Å². The zero-order valence-corrected chi connectivity index (χ0v) is 12.6. The fourth-order valence-electron chi connectivity index (χ4n) is 1.57. The van der Waals surface area contributed by atoms with Gasteiger partial charge in [-0.25, -0.2) is 4.79 Å². The van der Waals surface area contributed by atoms with Crippen molar-refractivity contribution in [2.75, 3.05) is 30.9 Å². The molecular weight excluding hydrogens is 254 g/mol. The van der Waals surface area contributed by atoms with E-state index in [4.69, 9.17) is 4.74 Å². The van der Waals surface area contributed by atoms with Gasteiger partial charge in [-0.15, -0.1) is 0 Å². The minimum atomic E-state index is -0.411. The van der Waals surface area contributed by atoms with Crippen LogP contribution in [0.2, 0.25) is 0 Å². The number of aliphatic imine (C=N–C) groups is 1. The third-order valence-electron chi connectivity index (χ3n) is 3.04. The van der Waals surface area contributed by atoms with Crippen LogP contribution in [0.25, 0.3) is 0 Å². The third-order valence-corrected chi connectivity index (χ3v) is 3.04. The molecule has 1 aromatic rings. The third kappa shape index (κ3) is 4.91. The van der Waals surface area contributed by atoms with Crippen LogP contribution in [-0.2, 0) is 4.74 Å². The molecule has 0 aliphatic carbocycles. The minimum absolute atomic E-state index is 0.411. The number of nitrogens with zero attached hydrogens (tertiary/aromatic N) is 2. The number of benzene rings is 1. The molecule has 0 spiro atoms. The Morgan fingerprint density at radius 2 is 2.00 bits per heavy atom. The second-order valence-corrected chi connectivity index (χ2v) is 4.49. The molecule has 110 valence electrons. The molecule has 1 rings (SSSR count). The average molecular weight is 277 g/mol. The van der Waals surface area contributed by atoms with Crippen molar-refractivity contribution in [3.8, 4) is 0 Å². The van der Waals surface area contributed by atoms with Crippen molar-refractivity contribution >= 4 is 23.3 Å². The van der Waals surface area contributed by atoms with Gasteiger partial charge in [0.2, 0.25) is 0 Å². The van der Waals surface area contributed by atoms with Crippen LogP contribution in [0.3, 0.4) is 0 Å². The molecular formula is C15H23N3O2. The molecule has 0 atom stereocenters. The molecule has 0 bridgehead atoms. The highest BCUT2D eigenvalue weighted by Crippen LogP contribution is 2.17.